The maximum atomic E-state index is 5.88. The molecule has 162 valence electrons. The van der Waals surface area contributed by atoms with E-state index in [9.17, 15) is 0 Å². The second-order valence-corrected chi connectivity index (χ2v) is 8.88. The van der Waals surface area contributed by atoms with Gasteiger partial charge in [-0.05, 0) is 45.7 Å². The molecule has 0 spiro atoms. The Balaban J connectivity index is 1.65. The number of nitrogens with one attached hydrogen (secondary N) is 2. The third-order valence-corrected chi connectivity index (χ3v) is 7.10. The lowest BCUT2D eigenvalue weighted by Crippen LogP contribution is -2.55. The van der Waals surface area contributed by atoms with E-state index in [1.165, 1.54) is 64.5 Å². The predicted molar refractivity (Wildman–Crippen MR) is 115 cm³/mol. The number of hydrogen-bond donors (Lipinski definition) is 2. The van der Waals surface area contributed by atoms with Crippen molar-refractivity contribution in [2.75, 3.05) is 53.0 Å². The summed E-state index contributed by atoms with van der Waals surface area (Å²) in [7, 11) is 1.82. The minimum absolute atomic E-state index is 0.135. The molecule has 2 saturated heterocycles. The highest BCUT2D eigenvalue weighted by molar-refractivity contribution is 5.79. The summed E-state index contributed by atoms with van der Waals surface area (Å²) in [4.78, 5) is 7.88. The molecule has 3 fully saturated rings. The highest BCUT2D eigenvalue weighted by Gasteiger charge is 2.38. The smallest absolute Gasteiger partial charge is 0.191 e. The van der Waals surface area contributed by atoms with Gasteiger partial charge >= 0.3 is 0 Å². The summed E-state index contributed by atoms with van der Waals surface area (Å²) in [5, 5.41) is 7.04. The number of hydrogen-bond acceptors (Lipinski definition) is 4. The first-order chi connectivity index (χ1) is 13.7. The Morgan fingerprint density at radius 2 is 1.64 bits per heavy atom. The number of piperidine rings is 1. The van der Waals surface area contributed by atoms with Gasteiger partial charge in [-0.2, -0.15) is 0 Å². The molecule has 0 bridgehead atoms. The summed E-state index contributed by atoms with van der Waals surface area (Å²) in [5.41, 5.74) is 0.141. The molecule has 6 nitrogen and oxygen atoms in total. The standard InChI is InChI=1S/C22H42N4O2/c1-3-23-20(25-19-22(27-2)12-16-28-17-13-22)24-18-21(10-6-4-7-11-21)26-14-8-5-9-15-26/h3-19H2,1-2H3,(H2,23,24,25). The minimum Gasteiger partial charge on any atom is -0.381 e. The topological polar surface area (TPSA) is 58.1 Å². The summed E-state index contributed by atoms with van der Waals surface area (Å²) in [6, 6.07) is 0. The number of likely N-dealkylation sites (tertiary alicyclic amines) is 1. The fourth-order valence-electron chi connectivity index (χ4n) is 5.16. The third-order valence-electron chi connectivity index (χ3n) is 7.10. The summed E-state index contributed by atoms with van der Waals surface area (Å²) < 4.78 is 11.4. The normalized spacial score (nSPS) is 26.0. The van der Waals surface area contributed by atoms with E-state index in [-0.39, 0.29) is 11.1 Å². The van der Waals surface area contributed by atoms with E-state index >= 15 is 0 Å². The van der Waals surface area contributed by atoms with Crippen molar-refractivity contribution in [3.05, 3.63) is 0 Å². The lowest BCUT2D eigenvalue weighted by molar-refractivity contribution is -0.0855. The molecule has 2 N–H and O–H groups in total. The van der Waals surface area contributed by atoms with Gasteiger partial charge in [-0.15, -0.1) is 0 Å². The molecule has 28 heavy (non-hydrogen) atoms. The van der Waals surface area contributed by atoms with E-state index in [2.05, 4.69) is 22.5 Å². The van der Waals surface area contributed by atoms with Gasteiger partial charge in [0.2, 0.25) is 0 Å². The summed E-state index contributed by atoms with van der Waals surface area (Å²) >= 11 is 0. The number of nitrogens with zero attached hydrogens (tertiary/aromatic N) is 2. The van der Waals surface area contributed by atoms with Crippen molar-refractivity contribution in [3.63, 3.8) is 0 Å². The van der Waals surface area contributed by atoms with Crippen LogP contribution in [0, 0.1) is 0 Å². The Labute approximate surface area is 171 Å². The van der Waals surface area contributed by atoms with E-state index in [1.807, 2.05) is 7.11 Å². The van der Waals surface area contributed by atoms with E-state index in [1.54, 1.807) is 0 Å². The monoisotopic (exact) mass is 394 g/mol. The van der Waals surface area contributed by atoms with Crippen LogP contribution in [0.1, 0.15) is 71.1 Å². The molecule has 0 aromatic rings. The van der Waals surface area contributed by atoms with Crippen molar-refractivity contribution in [2.45, 2.75) is 82.3 Å². The van der Waals surface area contributed by atoms with Gasteiger partial charge in [0.1, 0.15) is 0 Å². The second kappa shape index (κ2) is 10.8. The van der Waals surface area contributed by atoms with Crippen LogP contribution in [0.5, 0.6) is 0 Å². The summed E-state index contributed by atoms with van der Waals surface area (Å²) in [6.45, 7) is 8.78. The fourth-order valence-corrected chi connectivity index (χ4v) is 5.16. The summed E-state index contributed by atoms with van der Waals surface area (Å²) in [5.74, 6) is 0.937. The van der Waals surface area contributed by atoms with Crippen LogP contribution >= 0.6 is 0 Å². The predicted octanol–water partition coefficient (Wildman–Crippen LogP) is 2.93. The van der Waals surface area contributed by atoms with Crippen LogP contribution in [0.15, 0.2) is 4.99 Å². The lowest BCUT2D eigenvalue weighted by Gasteiger charge is -2.47. The van der Waals surface area contributed by atoms with E-state index in [4.69, 9.17) is 14.5 Å². The zero-order valence-corrected chi connectivity index (χ0v) is 18.2. The largest absolute Gasteiger partial charge is 0.381 e. The van der Waals surface area contributed by atoms with Crippen LogP contribution in [0.2, 0.25) is 0 Å². The Bertz CT molecular complexity index is 479. The van der Waals surface area contributed by atoms with Crippen molar-refractivity contribution < 1.29 is 9.47 Å². The zero-order valence-electron chi connectivity index (χ0n) is 18.2. The van der Waals surface area contributed by atoms with Gasteiger partial charge in [0, 0.05) is 51.8 Å². The molecular weight excluding hydrogens is 352 g/mol. The van der Waals surface area contributed by atoms with Gasteiger partial charge in [-0.1, -0.05) is 25.7 Å². The first kappa shape index (κ1) is 21.8. The Hall–Kier alpha value is -0.850. The van der Waals surface area contributed by atoms with Crippen molar-refractivity contribution >= 4 is 5.96 Å². The highest BCUT2D eigenvalue weighted by atomic mass is 16.5. The van der Waals surface area contributed by atoms with Crippen molar-refractivity contribution in [2.24, 2.45) is 4.99 Å². The van der Waals surface area contributed by atoms with Crippen molar-refractivity contribution in [1.82, 2.24) is 15.5 Å². The molecule has 0 radical (unpaired) electrons. The molecule has 1 aliphatic carbocycles. The third kappa shape index (κ3) is 5.61. The average molecular weight is 395 g/mol. The number of rotatable bonds is 7. The molecule has 0 amide bonds. The van der Waals surface area contributed by atoms with Crippen molar-refractivity contribution in [3.8, 4) is 0 Å². The molecule has 0 atom stereocenters. The summed E-state index contributed by atoms with van der Waals surface area (Å²) in [6.07, 6.45) is 12.7. The van der Waals surface area contributed by atoms with E-state index in [0.29, 0.717) is 0 Å². The van der Waals surface area contributed by atoms with Crippen molar-refractivity contribution in [1.29, 1.82) is 0 Å². The number of methoxy groups -OCH3 is 1. The average Bonchev–Trinajstić information content (AvgIpc) is 2.77. The Morgan fingerprint density at radius 1 is 0.964 bits per heavy atom. The Kier molecular flexibility index (Phi) is 8.42. The van der Waals surface area contributed by atoms with Crippen LogP contribution in [-0.2, 0) is 9.47 Å². The van der Waals surface area contributed by atoms with Crippen LogP contribution in [-0.4, -0.2) is 75.0 Å². The second-order valence-electron chi connectivity index (χ2n) is 8.88. The number of aliphatic imine (C=N–C) groups is 1. The van der Waals surface area contributed by atoms with Gasteiger partial charge in [0.15, 0.2) is 5.96 Å². The van der Waals surface area contributed by atoms with Gasteiger partial charge < -0.3 is 20.1 Å². The minimum atomic E-state index is -0.135. The molecule has 0 aromatic carbocycles. The van der Waals surface area contributed by atoms with Gasteiger partial charge in [-0.25, -0.2) is 0 Å². The first-order valence-electron chi connectivity index (χ1n) is 11.6. The molecule has 6 heteroatoms. The lowest BCUT2D eigenvalue weighted by atomic mass is 9.79. The van der Waals surface area contributed by atoms with Crippen LogP contribution in [0.25, 0.3) is 0 Å². The highest BCUT2D eigenvalue weighted by Crippen LogP contribution is 2.36. The molecule has 3 aliphatic rings. The van der Waals surface area contributed by atoms with Gasteiger partial charge in [0.25, 0.3) is 0 Å². The maximum Gasteiger partial charge on any atom is 0.191 e. The zero-order chi connectivity index (χ0) is 19.7. The number of guanidine groups is 1. The first-order valence-corrected chi connectivity index (χ1v) is 11.6. The molecule has 2 heterocycles. The van der Waals surface area contributed by atoms with Crippen LogP contribution < -0.4 is 10.6 Å². The molecule has 1 saturated carbocycles. The SMILES string of the molecule is CCNC(=NCC1(N2CCCCC2)CCCCC1)NCC1(OC)CCOCC1. The number of ether oxygens (including phenoxy) is 2. The van der Waals surface area contributed by atoms with Crippen LogP contribution in [0.3, 0.4) is 0 Å². The molecule has 0 aromatic heterocycles. The molecule has 2 aliphatic heterocycles. The van der Waals surface area contributed by atoms with E-state index < -0.39 is 0 Å². The van der Waals surface area contributed by atoms with Gasteiger partial charge in [-0.3, -0.25) is 9.89 Å². The van der Waals surface area contributed by atoms with E-state index in [0.717, 1.165) is 51.6 Å². The maximum absolute atomic E-state index is 5.88. The Morgan fingerprint density at radius 3 is 2.29 bits per heavy atom. The molecular formula is C22H42N4O2. The quantitative estimate of drug-likeness (QED) is 0.514. The van der Waals surface area contributed by atoms with Crippen LogP contribution in [0.4, 0.5) is 0 Å². The molecule has 3 rings (SSSR count). The fraction of sp³-hybridized carbons (Fsp3) is 0.955. The van der Waals surface area contributed by atoms with Gasteiger partial charge in [0.05, 0.1) is 12.1 Å². The molecule has 0 unspecified atom stereocenters.